The Morgan fingerprint density at radius 3 is 2.66 bits per heavy atom. The molecule has 1 unspecified atom stereocenters. The molecule has 2 heterocycles. The SMILES string of the molecule is CC(C)CCO[C@@H]1[C@@H]2OC(=O)[C@]3(C)[C@H]1C[C@@]14C2=CO[C@@H](OC[C@@H](C)[C@@H](C)O)C1C[C@@H](O)[C@@H]34. The summed E-state index contributed by atoms with van der Waals surface area (Å²) in [5.74, 6) is 0.0272. The Morgan fingerprint density at radius 2 is 1.97 bits per heavy atom. The Morgan fingerprint density at radius 1 is 1.22 bits per heavy atom. The Kier molecular flexibility index (Phi) is 5.44. The fraction of sp³-hybridized carbons (Fsp3) is 0.880. The van der Waals surface area contributed by atoms with Gasteiger partial charge in [-0.25, -0.2) is 0 Å². The molecule has 4 fully saturated rings. The van der Waals surface area contributed by atoms with Crippen LogP contribution in [0, 0.1) is 40.4 Å². The first-order valence-electron chi connectivity index (χ1n) is 12.3. The summed E-state index contributed by atoms with van der Waals surface area (Å²) in [6, 6.07) is 0. The monoisotopic (exact) mass is 450 g/mol. The minimum Gasteiger partial charge on any atom is -0.472 e. The van der Waals surface area contributed by atoms with Gasteiger partial charge in [0.05, 0.1) is 30.5 Å². The zero-order valence-electron chi connectivity index (χ0n) is 19.8. The standard InChI is InChI=1S/C25H38O7/c1-12(2)6-7-29-19-16-9-25-15-8-18(27)21(25)24(16,5)23(28)32-20(19)17(25)11-31-22(15)30-10-13(3)14(4)26/h11-16,18-22,26-27H,6-10H2,1-5H3/t13-,14-,15?,16+,18-,19+,20-,21+,22-,24-,25+/m1/s1. The van der Waals surface area contributed by atoms with Crippen LogP contribution in [0.3, 0.4) is 0 Å². The van der Waals surface area contributed by atoms with Crippen LogP contribution in [0.15, 0.2) is 11.8 Å². The highest BCUT2D eigenvalue weighted by Crippen LogP contribution is 2.77. The number of aliphatic hydroxyl groups is 2. The van der Waals surface area contributed by atoms with Crippen molar-refractivity contribution in [2.75, 3.05) is 13.2 Å². The van der Waals surface area contributed by atoms with Gasteiger partial charge in [-0.05, 0) is 39.0 Å². The number of esters is 1. The van der Waals surface area contributed by atoms with Crippen LogP contribution >= 0.6 is 0 Å². The Labute approximate surface area is 190 Å². The van der Waals surface area contributed by atoms with Crippen LogP contribution in [0.5, 0.6) is 0 Å². The van der Waals surface area contributed by atoms with Crippen molar-refractivity contribution in [2.45, 2.75) is 84.6 Å². The largest absolute Gasteiger partial charge is 0.472 e. The normalized spacial score (nSPS) is 47.7. The zero-order valence-corrected chi connectivity index (χ0v) is 19.8. The molecule has 0 aromatic carbocycles. The van der Waals surface area contributed by atoms with E-state index < -0.39 is 30.0 Å². The number of aliphatic hydroxyl groups excluding tert-OH is 2. The second-order valence-corrected chi connectivity index (χ2v) is 11.5. The van der Waals surface area contributed by atoms with Gasteiger partial charge in [0.25, 0.3) is 0 Å². The second-order valence-electron chi connectivity index (χ2n) is 11.5. The molecule has 3 bridgehead atoms. The molecule has 11 atom stereocenters. The molecule has 0 radical (unpaired) electrons. The van der Waals surface area contributed by atoms with E-state index >= 15 is 0 Å². The molecule has 1 saturated heterocycles. The van der Waals surface area contributed by atoms with Crippen LogP contribution in [0.2, 0.25) is 0 Å². The van der Waals surface area contributed by atoms with E-state index in [0.29, 0.717) is 25.6 Å². The van der Waals surface area contributed by atoms with Gasteiger partial charge < -0.3 is 29.2 Å². The number of hydrogen-bond donors (Lipinski definition) is 2. The van der Waals surface area contributed by atoms with Crippen LogP contribution < -0.4 is 0 Å². The lowest BCUT2D eigenvalue weighted by Gasteiger charge is -2.51. The van der Waals surface area contributed by atoms with Crippen molar-refractivity contribution in [2.24, 2.45) is 40.4 Å². The quantitative estimate of drug-likeness (QED) is 0.549. The fourth-order valence-electron chi connectivity index (χ4n) is 7.42. The third-order valence-corrected chi connectivity index (χ3v) is 9.29. The van der Waals surface area contributed by atoms with Crippen molar-refractivity contribution in [3.8, 4) is 0 Å². The zero-order chi connectivity index (χ0) is 23.0. The average molecular weight is 451 g/mol. The van der Waals surface area contributed by atoms with Gasteiger partial charge in [-0.15, -0.1) is 0 Å². The molecule has 0 aromatic heterocycles. The highest BCUT2D eigenvalue weighted by molar-refractivity contribution is 5.81. The van der Waals surface area contributed by atoms with E-state index in [9.17, 15) is 15.0 Å². The van der Waals surface area contributed by atoms with Crippen LogP contribution in [0.25, 0.3) is 0 Å². The maximum absolute atomic E-state index is 13.3. The molecular formula is C25H38O7. The van der Waals surface area contributed by atoms with Gasteiger partial charge in [-0.2, -0.15) is 0 Å². The number of carbonyl (C=O) groups is 1. The van der Waals surface area contributed by atoms with Crippen molar-refractivity contribution >= 4 is 5.97 Å². The highest BCUT2D eigenvalue weighted by Gasteiger charge is 2.81. The lowest BCUT2D eigenvalue weighted by Crippen LogP contribution is -2.58. The Hall–Kier alpha value is -1.15. The third kappa shape index (κ3) is 2.90. The van der Waals surface area contributed by atoms with Gasteiger partial charge >= 0.3 is 5.97 Å². The molecule has 3 aliphatic carbocycles. The average Bonchev–Trinajstić information content (AvgIpc) is 3.13. The summed E-state index contributed by atoms with van der Waals surface area (Å²) in [5, 5.41) is 21.1. The van der Waals surface area contributed by atoms with Gasteiger partial charge in [-0.1, -0.05) is 20.8 Å². The van der Waals surface area contributed by atoms with Gasteiger partial charge in [0, 0.05) is 41.3 Å². The van der Waals surface area contributed by atoms with Crippen LogP contribution in [0.1, 0.15) is 53.9 Å². The highest BCUT2D eigenvalue weighted by atomic mass is 16.7. The minimum absolute atomic E-state index is 0.00986. The van der Waals surface area contributed by atoms with E-state index in [0.717, 1.165) is 18.4 Å². The molecular weight excluding hydrogens is 412 g/mol. The molecule has 32 heavy (non-hydrogen) atoms. The van der Waals surface area contributed by atoms with Crippen LogP contribution in [-0.4, -0.2) is 60.1 Å². The number of carbonyl (C=O) groups excluding carboxylic acids is 1. The molecule has 2 aliphatic heterocycles. The van der Waals surface area contributed by atoms with Crippen LogP contribution in [0.4, 0.5) is 0 Å². The summed E-state index contributed by atoms with van der Waals surface area (Å²) < 4.78 is 24.6. The number of ether oxygens (including phenoxy) is 4. The van der Waals surface area contributed by atoms with Gasteiger partial charge in [0.2, 0.25) is 6.29 Å². The molecule has 180 valence electrons. The van der Waals surface area contributed by atoms with Crippen LogP contribution in [-0.2, 0) is 23.7 Å². The molecule has 1 spiro atoms. The first-order valence-corrected chi connectivity index (χ1v) is 12.3. The van der Waals surface area contributed by atoms with E-state index in [1.54, 1.807) is 13.2 Å². The van der Waals surface area contributed by atoms with Crippen molar-refractivity contribution in [1.82, 2.24) is 0 Å². The second kappa shape index (κ2) is 7.69. The number of fused-ring (bicyclic) bond motifs is 3. The summed E-state index contributed by atoms with van der Waals surface area (Å²) in [5.41, 5.74) is -0.185. The Bertz CT molecular complexity index is 793. The predicted octanol–water partition coefficient (Wildman–Crippen LogP) is 2.64. The molecule has 5 rings (SSSR count). The van der Waals surface area contributed by atoms with E-state index in [4.69, 9.17) is 18.9 Å². The molecule has 5 aliphatic rings. The van der Waals surface area contributed by atoms with E-state index in [1.165, 1.54) is 0 Å². The van der Waals surface area contributed by atoms with Crippen molar-refractivity contribution < 1.29 is 34.0 Å². The van der Waals surface area contributed by atoms with Gasteiger partial charge in [0.1, 0.15) is 6.10 Å². The fourth-order valence-corrected chi connectivity index (χ4v) is 7.42. The van der Waals surface area contributed by atoms with Crippen molar-refractivity contribution in [1.29, 1.82) is 0 Å². The third-order valence-electron chi connectivity index (χ3n) is 9.29. The molecule has 0 aromatic rings. The van der Waals surface area contributed by atoms with Crippen molar-refractivity contribution in [3.63, 3.8) is 0 Å². The molecule has 0 amide bonds. The summed E-state index contributed by atoms with van der Waals surface area (Å²) in [7, 11) is 0. The molecule has 2 N–H and O–H groups in total. The Balaban J connectivity index is 1.49. The first-order chi connectivity index (χ1) is 15.1. The first kappa shape index (κ1) is 22.6. The lowest BCUT2D eigenvalue weighted by molar-refractivity contribution is -0.211. The summed E-state index contributed by atoms with van der Waals surface area (Å²) >= 11 is 0. The van der Waals surface area contributed by atoms with E-state index in [1.807, 2.05) is 13.8 Å². The number of hydrogen-bond acceptors (Lipinski definition) is 7. The molecule has 7 heteroatoms. The lowest BCUT2D eigenvalue weighted by atomic mass is 9.61. The van der Waals surface area contributed by atoms with Gasteiger partial charge in [0.15, 0.2) is 6.10 Å². The summed E-state index contributed by atoms with van der Waals surface area (Å²) in [6.45, 7) is 11.0. The van der Waals surface area contributed by atoms with E-state index in [2.05, 4.69) is 13.8 Å². The smallest absolute Gasteiger partial charge is 0.313 e. The number of rotatable bonds is 8. The summed E-state index contributed by atoms with van der Waals surface area (Å²) in [4.78, 5) is 13.3. The van der Waals surface area contributed by atoms with Gasteiger partial charge in [-0.3, -0.25) is 4.79 Å². The maximum atomic E-state index is 13.3. The topological polar surface area (TPSA) is 94.5 Å². The molecule has 7 nitrogen and oxygen atoms in total. The molecule has 3 saturated carbocycles. The van der Waals surface area contributed by atoms with Crippen molar-refractivity contribution in [3.05, 3.63) is 11.8 Å². The maximum Gasteiger partial charge on any atom is 0.313 e. The predicted molar refractivity (Wildman–Crippen MR) is 115 cm³/mol. The summed E-state index contributed by atoms with van der Waals surface area (Å²) in [6.07, 6.45) is 1.75. The van der Waals surface area contributed by atoms with E-state index in [-0.39, 0.29) is 41.2 Å². The minimum atomic E-state index is -0.780.